The molecule has 1 unspecified atom stereocenters. The molecule has 0 aliphatic carbocycles. The third-order valence-electron chi connectivity index (χ3n) is 7.19. The predicted molar refractivity (Wildman–Crippen MR) is 139 cm³/mol. The Morgan fingerprint density at radius 2 is 1.94 bits per heavy atom. The normalized spacial score (nSPS) is 30.4. The van der Waals surface area contributed by atoms with Gasteiger partial charge in [0.15, 0.2) is 6.29 Å². The van der Waals surface area contributed by atoms with Crippen molar-refractivity contribution >= 4 is 17.4 Å². The Bertz CT molecular complexity index is 956. The van der Waals surface area contributed by atoms with Crippen LogP contribution in [-0.2, 0) is 23.7 Å². The van der Waals surface area contributed by atoms with Gasteiger partial charge in [0.25, 0.3) is 5.17 Å². The van der Waals surface area contributed by atoms with Crippen LogP contribution in [0.4, 0.5) is 0 Å². The molecule has 0 amide bonds. The Morgan fingerprint density at radius 1 is 1.17 bits per heavy atom. The van der Waals surface area contributed by atoms with Gasteiger partial charge in [0.1, 0.15) is 18.2 Å². The van der Waals surface area contributed by atoms with Gasteiger partial charge in [-0.3, -0.25) is 4.57 Å². The molecule has 1 aromatic carbocycles. The molecule has 0 N–H and O–H groups in total. The van der Waals surface area contributed by atoms with Crippen LogP contribution in [0.25, 0.3) is 0 Å². The van der Waals surface area contributed by atoms with E-state index < -0.39 is 6.29 Å². The van der Waals surface area contributed by atoms with Crippen molar-refractivity contribution in [3.05, 3.63) is 48.5 Å². The molecule has 2 saturated heterocycles. The number of nitrogens with zero attached hydrogens (tertiary/aromatic N) is 2. The number of thiocarbonyl (C=S) groups is 1. The van der Waals surface area contributed by atoms with Crippen LogP contribution in [0.2, 0.25) is 0 Å². The van der Waals surface area contributed by atoms with Crippen molar-refractivity contribution in [3.63, 3.8) is 0 Å². The second kappa shape index (κ2) is 12.5. The lowest BCUT2D eigenvalue weighted by atomic mass is 9.85. The van der Waals surface area contributed by atoms with Gasteiger partial charge < -0.3 is 28.4 Å². The van der Waals surface area contributed by atoms with E-state index in [1.807, 2.05) is 24.3 Å². The van der Waals surface area contributed by atoms with E-state index in [0.29, 0.717) is 18.2 Å². The van der Waals surface area contributed by atoms with Crippen molar-refractivity contribution in [1.29, 1.82) is 0 Å². The molecule has 0 radical (unpaired) electrons. The second-order valence-corrected chi connectivity index (χ2v) is 10.3. The van der Waals surface area contributed by atoms with Crippen molar-refractivity contribution in [2.45, 2.75) is 76.8 Å². The molecule has 36 heavy (non-hydrogen) atoms. The number of hydrogen-bond donors (Lipinski definition) is 0. The zero-order valence-corrected chi connectivity index (χ0v) is 22.6. The van der Waals surface area contributed by atoms with Gasteiger partial charge in [0.2, 0.25) is 0 Å². The molecule has 2 aliphatic rings. The smallest absolute Gasteiger partial charge is 0.269 e. The van der Waals surface area contributed by atoms with Crippen molar-refractivity contribution in [1.82, 2.24) is 9.55 Å². The fourth-order valence-electron chi connectivity index (χ4n) is 5.17. The van der Waals surface area contributed by atoms with E-state index in [0.717, 1.165) is 24.2 Å². The quantitative estimate of drug-likeness (QED) is 0.463. The molecular formula is C27H38N2O6S. The minimum absolute atomic E-state index is 0.00395. The summed E-state index contributed by atoms with van der Waals surface area (Å²) < 4.78 is 38.0. The van der Waals surface area contributed by atoms with Crippen LogP contribution in [0.15, 0.2) is 43.0 Å². The standard InChI is InChI=1S/C27H38N2O6S/c1-17-15-32-26(20-6-8-21(30-4)9-7-20)35-25(17)19(3)24(34-27(36)29-11-10-28-16-29)14-23-13-22(31-5)12-18(2)33-23/h6-11,16-19,22-26H,12-15H2,1-5H3/t17-,18+,19+,22-,23-,24-,25-,26?/m1/s1. The van der Waals surface area contributed by atoms with Crippen LogP contribution < -0.4 is 4.74 Å². The summed E-state index contributed by atoms with van der Waals surface area (Å²) >= 11 is 5.62. The maximum atomic E-state index is 6.55. The number of imidazole rings is 1. The highest BCUT2D eigenvalue weighted by Crippen LogP contribution is 2.37. The van der Waals surface area contributed by atoms with Crippen molar-refractivity contribution in [2.75, 3.05) is 20.8 Å². The summed E-state index contributed by atoms with van der Waals surface area (Å²) in [6.45, 7) is 7.00. The number of rotatable bonds is 8. The summed E-state index contributed by atoms with van der Waals surface area (Å²) in [5.74, 6) is 0.999. The van der Waals surface area contributed by atoms with E-state index in [2.05, 4.69) is 25.8 Å². The Balaban J connectivity index is 1.51. The zero-order chi connectivity index (χ0) is 25.7. The third-order valence-corrected chi connectivity index (χ3v) is 7.49. The minimum atomic E-state index is -0.454. The highest BCUT2D eigenvalue weighted by Gasteiger charge is 2.40. The summed E-state index contributed by atoms with van der Waals surface area (Å²) in [5.41, 5.74) is 0.957. The number of hydrogen-bond acceptors (Lipinski definition) is 8. The van der Waals surface area contributed by atoms with Gasteiger partial charge in [-0.2, -0.15) is 0 Å². The molecule has 4 rings (SSSR count). The molecule has 198 valence electrons. The van der Waals surface area contributed by atoms with Crippen LogP contribution in [0.3, 0.4) is 0 Å². The van der Waals surface area contributed by atoms with Crippen molar-refractivity contribution < 1.29 is 28.4 Å². The molecule has 8 atom stereocenters. The number of methoxy groups -OCH3 is 2. The molecule has 2 aromatic rings. The molecule has 8 nitrogen and oxygen atoms in total. The third kappa shape index (κ3) is 6.63. The van der Waals surface area contributed by atoms with Gasteiger partial charge in [-0.25, -0.2) is 4.98 Å². The van der Waals surface area contributed by atoms with Crippen LogP contribution in [0, 0.1) is 11.8 Å². The first-order valence-electron chi connectivity index (χ1n) is 12.7. The molecule has 0 bridgehead atoms. The van der Waals surface area contributed by atoms with Gasteiger partial charge in [-0.15, -0.1) is 0 Å². The lowest BCUT2D eigenvalue weighted by molar-refractivity contribution is -0.256. The fraction of sp³-hybridized carbons (Fsp3) is 0.630. The lowest BCUT2D eigenvalue weighted by Crippen LogP contribution is -2.46. The zero-order valence-electron chi connectivity index (χ0n) is 21.7. The molecule has 0 saturated carbocycles. The molecule has 9 heteroatoms. The number of ether oxygens (including phenoxy) is 6. The maximum Gasteiger partial charge on any atom is 0.269 e. The predicted octanol–water partition coefficient (Wildman–Crippen LogP) is 4.77. The Hall–Kier alpha value is -2.04. The highest BCUT2D eigenvalue weighted by molar-refractivity contribution is 7.80. The monoisotopic (exact) mass is 518 g/mol. The summed E-state index contributed by atoms with van der Waals surface area (Å²) in [4.78, 5) is 4.10. The summed E-state index contributed by atoms with van der Waals surface area (Å²) in [6, 6.07) is 7.79. The van der Waals surface area contributed by atoms with E-state index in [-0.39, 0.29) is 42.4 Å². The highest BCUT2D eigenvalue weighted by atomic mass is 32.1. The van der Waals surface area contributed by atoms with Crippen molar-refractivity contribution in [3.8, 4) is 5.75 Å². The SMILES string of the molecule is COc1ccc(C2OC[C@@H](C)[C@H]([C@@H](C)[C@@H](C[C@H]3C[C@H](OC)C[C@H](C)O3)OC(=S)n3ccnc3)O2)cc1. The van der Waals surface area contributed by atoms with Crippen LogP contribution in [-0.4, -0.2) is 66.1 Å². The fourth-order valence-corrected chi connectivity index (χ4v) is 5.40. The molecular weight excluding hydrogens is 480 g/mol. The average Bonchev–Trinajstić information content (AvgIpc) is 3.43. The minimum Gasteiger partial charge on any atom is -0.497 e. The van der Waals surface area contributed by atoms with E-state index in [1.165, 1.54) is 0 Å². The first-order valence-corrected chi connectivity index (χ1v) is 13.1. The van der Waals surface area contributed by atoms with E-state index >= 15 is 0 Å². The molecule has 3 heterocycles. The topological polar surface area (TPSA) is 73.2 Å². The lowest BCUT2D eigenvalue weighted by Gasteiger charge is -2.42. The number of benzene rings is 1. The molecule has 1 aromatic heterocycles. The van der Waals surface area contributed by atoms with E-state index in [1.54, 1.807) is 37.5 Å². The van der Waals surface area contributed by atoms with Crippen LogP contribution >= 0.6 is 12.2 Å². The second-order valence-electron chi connectivity index (χ2n) is 9.90. The number of aromatic nitrogens is 2. The first-order chi connectivity index (χ1) is 17.4. The van der Waals surface area contributed by atoms with E-state index in [9.17, 15) is 0 Å². The van der Waals surface area contributed by atoms with Crippen molar-refractivity contribution in [2.24, 2.45) is 11.8 Å². The Morgan fingerprint density at radius 3 is 2.61 bits per heavy atom. The molecule has 2 fully saturated rings. The van der Waals surface area contributed by atoms with Gasteiger partial charge in [0, 0.05) is 43.3 Å². The Kier molecular flexibility index (Phi) is 9.35. The van der Waals surface area contributed by atoms with Crippen LogP contribution in [0.1, 0.15) is 51.9 Å². The Labute approximate surface area is 219 Å². The first kappa shape index (κ1) is 27.0. The summed E-state index contributed by atoms with van der Waals surface area (Å²) in [6.07, 6.45) is 7.05. The van der Waals surface area contributed by atoms with Gasteiger partial charge in [0.05, 0.1) is 38.1 Å². The maximum absolute atomic E-state index is 6.55. The molecule has 2 aliphatic heterocycles. The summed E-state index contributed by atoms with van der Waals surface area (Å²) in [7, 11) is 3.42. The largest absolute Gasteiger partial charge is 0.497 e. The van der Waals surface area contributed by atoms with Gasteiger partial charge in [-0.1, -0.05) is 26.0 Å². The van der Waals surface area contributed by atoms with Crippen LogP contribution in [0.5, 0.6) is 5.75 Å². The van der Waals surface area contributed by atoms with Gasteiger partial charge in [-0.05, 0) is 44.1 Å². The average molecular weight is 519 g/mol. The van der Waals surface area contributed by atoms with Gasteiger partial charge >= 0.3 is 0 Å². The summed E-state index contributed by atoms with van der Waals surface area (Å²) in [5, 5.41) is 0.364. The molecule has 0 spiro atoms. The van der Waals surface area contributed by atoms with E-state index in [4.69, 9.17) is 40.6 Å².